The van der Waals surface area contributed by atoms with Gasteiger partial charge in [-0.1, -0.05) is 30.3 Å². The van der Waals surface area contributed by atoms with Crippen molar-refractivity contribution < 1.29 is 9.53 Å². The number of hydrogen-bond acceptors (Lipinski definition) is 4. The number of amides is 1. The smallest absolute Gasteiger partial charge is 0.274 e. The van der Waals surface area contributed by atoms with Crippen LogP contribution >= 0.6 is 0 Å². The molecular weight excluding hydrogens is 290 g/mol. The Bertz CT molecular complexity index is 637. The fourth-order valence-electron chi connectivity index (χ4n) is 2.76. The van der Waals surface area contributed by atoms with E-state index in [1.54, 1.807) is 12.4 Å². The molecule has 0 aliphatic carbocycles. The Morgan fingerprint density at radius 2 is 2.09 bits per heavy atom. The molecule has 1 atom stereocenters. The highest BCUT2D eigenvalue weighted by Gasteiger charge is 2.28. The Morgan fingerprint density at radius 1 is 1.26 bits per heavy atom. The van der Waals surface area contributed by atoms with Crippen LogP contribution in [0.2, 0.25) is 0 Å². The third-order valence-corrected chi connectivity index (χ3v) is 4.09. The second kappa shape index (κ2) is 7.33. The molecule has 0 N–H and O–H groups in total. The van der Waals surface area contributed by atoms with E-state index in [-0.39, 0.29) is 11.9 Å². The minimum Gasteiger partial charge on any atom is -0.379 e. The van der Waals surface area contributed by atoms with E-state index in [1.807, 2.05) is 30.0 Å². The molecule has 2 heterocycles. The van der Waals surface area contributed by atoms with Crippen LogP contribution in [-0.4, -0.2) is 46.6 Å². The van der Waals surface area contributed by atoms with E-state index >= 15 is 0 Å². The summed E-state index contributed by atoms with van der Waals surface area (Å²) in [4.78, 5) is 23.1. The van der Waals surface area contributed by atoms with E-state index in [0.717, 1.165) is 18.5 Å². The Morgan fingerprint density at radius 3 is 2.74 bits per heavy atom. The zero-order chi connectivity index (χ0) is 16.1. The summed E-state index contributed by atoms with van der Waals surface area (Å²) < 4.78 is 5.47. The van der Waals surface area contributed by atoms with Crippen molar-refractivity contribution in [3.05, 3.63) is 59.7 Å². The fourth-order valence-corrected chi connectivity index (χ4v) is 2.76. The third-order valence-electron chi connectivity index (χ3n) is 4.09. The highest BCUT2D eigenvalue weighted by atomic mass is 16.5. The van der Waals surface area contributed by atoms with Gasteiger partial charge in [-0.05, 0) is 25.3 Å². The summed E-state index contributed by atoms with van der Waals surface area (Å²) in [7, 11) is 0. The summed E-state index contributed by atoms with van der Waals surface area (Å²) in [5, 5.41) is 0. The molecular formula is C18H21N3O2. The van der Waals surface area contributed by atoms with Crippen molar-refractivity contribution in [1.82, 2.24) is 14.9 Å². The summed E-state index contributed by atoms with van der Waals surface area (Å²) in [6, 6.07) is 10.3. The van der Waals surface area contributed by atoms with Gasteiger partial charge in [-0.3, -0.25) is 9.78 Å². The third kappa shape index (κ3) is 3.93. The minimum atomic E-state index is -0.0658. The van der Waals surface area contributed by atoms with Gasteiger partial charge in [-0.15, -0.1) is 0 Å². The molecule has 1 aliphatic heterocycles. The number of hydrogen-bond donors (Lipinski definition) is 0. The van der Waals surface area contributed by atoms with Crippen LogP contribution in [0.3, 0.4) is 0 Å². The molecule has 0 radical (unpaired) electrons. The summed E-state index contributed by atoms with van der Waals surface area (Å²) in [5.74, 6) is -0.0658. The van der Waals surface area contributed by atoms with E-state index in [4.69, 9.17) is 4.74 Å². The monoisotopic (exact) mass is 311 g/mol. The predicted octanol–water partition coefficient (Wildman–Crippen LogP) is 2.26. The Kier molecular flexibility index (Phi) is 4.98. The highest BCUT2D eigenvalue weighted by molar-refractivity contribution is 5.92. The molecule has 1 fully saturated rings. The number of aryl methyl sites for hydroxylation is 1. The first kappa shape index (κ1) is 15.6. The van der Waals surface area contributed by atoms with E-state index in [0.29, 0.717) is 25.5 Å². The Hall–Kier alpha value is -2.27. The average molecular weight is 311 g/mol. The molecule has 23 heavy (non-hydrogen) atoms. The molecule has 5 heteroatoms. The maximum Gasteiger partial charge on any atom is 0.274 e. The SMILES string of the molecule is Cc1cnc(C(=O)N(CCc2ccccc2)C2CCOC2)cn1. The Labute approximate surface area is 136 Å². The van der Waals surface area contributed by atoms with Gasteiger partial charge < -0.3 is 9.64 Å². The van der Waals surface area contributed by atoms with Gasteiger partial charge in [0.05, 0.1) is 24.5 Å². The average Bonchev–Trinajstić information content (AvgIpc) is 3.11. The number of carbonyl (C=O) groups is 1. The normalized spacial score (nSPS) is 17.2. The molecule has 1 unspecified atom stereocenters. The molecule has 2 aromatic rings. The maximum atomic E-state index is 12.8. The fraction of sp³-hybridized carbons (Fsp3) is 0.389. The second-order valence-electron chi connectivity index (χ2n) is 5.79. The molecule has 3 rings (SSSR count). The van der Waals surface area contributed by atoms with Crippen molar-refractivity contribution in [3.8, 4) is 0 Å². The number of carbonyl (C=O) groups excluding carboxylic acids is 1. The molecule has 1 aliphatic rings. The van der Waals surface area contributed by atoms with E-state index in [9.17, 15) is 4.79 Å². The first-order valence-electron chi connectivity index (χ1n) is 7.95. The van der Waals surface area contributed by atoms with E-state index in [1.165, 1.54) is 5.56 Å². The van der Waals surface area contributed by atoms with Gasteiger partial charge in [0, 0.05) is 19.3 Å². The lowest BCUT2D eigenvalue weighted by molar-refractivity contribution is 0.0650. The van der Waals surface area contributed by atoms with Crippen molar-refractivity contribution in [3.63, 3.8) is 0 Å². The van der Waals surface area contributed by atoms with Crippen LogP contribution in [0.5, 0.6) is 0 Å². The molecule has 0 saturated carbocycles. The van der Waals surface area contributed by atoms with Crippen molar-refractivity contribution in [2.45, 2.75) is 25.8 Å². The zero-order valence-electron chi connectivity index (χ0n) is 13.3. The molecule has 5 nitrogen and oxygen atoms in total. The van der Waals surface area contributed by atoms with Crippen LogP contribution in [0.15, 0.2) is 42.7 Å². The van der Waals surface area contributed by atoms with Crippen LogP contribution in [0, 0.1) is 6.92 Å². The number of nitrogens with zero attached hydrogens (tertiary/aromatic N) is 3. The first-order chi connectivity index (χ1) is 11.2. The van der Waals surface area contributed by atoms with Crippen LogP contribution in [0.4, 0.5) is 0 Å². The number of aromatic nitrogens is 2. The van der Waals surface area contributed by atoms with Crippen LogP contribution in [0.1, 0.15) is 28.2 Å². The van der Waals surface area contributed by atoms with E-state index < -0.39 is 0 Å². The van der Waals surface area contributed by atoms with Gasteiger partial charge >= 0.3 is 0 Å². The largest absolute Gasteiger partial charge is 0.379 e. The van der Waals surface area contributed by atoms with Crippen LogP contribution in [0.25, 0.3) is 0 Å². The predicted molar refractivity (Wildman–Crippen MR) is 87.2 cm³/mol. The number of rotatable bonds is 5. The standard InChI is InChI=1S/C18H21N3O2/c1-14-11-20-17(12-19-14)18(22)21(16-8-10-23-13-16)9-7-15-5-3-2-4-6-15/h2-6,11-12,16H,7-10,13H2,1H3. The van der Waals surface area contributed by atoms with Crippen molar-refractivity contribution in [2.24, 2.45) is 0 Å². The van der Waals surface area contributed by atoms with Gasteiger partial charge in [-0.25, -0.2) is 4.98 Å². The molecule has 1 amide bonds. The van der Waals surface area contributed by atoms with Crippen molar-refractivity contribution in [2.75, 3.05) is 19.8 Å². The number of ether oxygens (including phenoxy) is 1. The minimum absolute atomic E-state index is 0.0658. The molecule has 1 saturated heterocycles. The summed E-state index contributed by atoms with van der Waals surface area (Å²) in [5.41, 5.74) is 2.43. The summed E-state index contributed by atoms with van der Waals surface area (Å²) >= 11 is 0. The molecule has 0 bridgehead atoms. The second-order valence-corrected chi connectivity index (χ2v) is 5.79. The van der Waals surface area contributed by atoms with Gasteiger partial charge in [0.1, 0.15) is 5.69 Å². The van der Waals surface area contributed by atoms with Gasteiger partial charge in [0.25, 0.3) is 5.91 Å². The van der Waals surface area contributed by atoms with Crippen LogP contribution in [-0.2, 0) is 11.2 Å². The number of benzene rings is 1. The van der Waals surface area contributed by atoms with Crippen molar-refractivity contribution in [1.29, 1.82) is 0 Å². The van der Waals surface area contributed by atoms with Gasteiger partial charge in [0.15, 0.2) is 0 Å². The lowest BCUT2D eigenvalue weighted by Gasteiger charge is -2.27. The summed E-state index contributed by atoms with van der Waals surface area (Å²) in [6.07, 6.45) is 4.89. The van der Waals surface area contributed by atoms with Gasteiger partial charge in [0.2, 0.25) is 0 Å². The van der Waals surface area contributed by atoms with E-state index in [2.05, 4.69) is 22.1 Å². The maximum absolute atomic E-state index is 12.8. The quantitative estimate of drug-likeness (QED) is 0.850. The topological polar surface area (TPSA) is 55.3 Å². The van der Waals surface area contributed by atoms with Crippen LogP contribution < -0.4 is 0 Å². The first-order valence-corrected chi connectivity index (χ1v) is 7.95. The van der Waals surface area contributed by atoms with Gasteiger partial charge in [-0.2, -0.15) is 0 Å². The van der Waals surface area contributed by atoms with Crippen molar-refractivity contribution >= 4 is 5.91 Å². The molecule has 0 spiro atoms. The highest BCUT2D eigenvalue weighted by Crippen LogP contribution is 2.16. The summed E-state index contributed by atoms with van der Waals surface area (Å²) in [6.45, 7) is 3.82. The lowest BCUT2D eigenvalue weighted by atomic mass is 10.1. The Balaban J connectivity index is 1.74. The lowest BCUT2D eigenvalue weighted by Crippen LogP contribution is -2.42. The molecule has 1 aromatic carbocycles. The molecule has 1 aromatic heterocycles. The molecule has 120 valence electrons. The zero-order valence-corrected chi connectivity index (χ0v) is 13.3.